The molecule has 0 atom stereocenters. The fourth-order valence-corrected chi connectivity index (χ4v) is 2.68. The second kappa shape index (κ2) is 7.05. The molecule has 0 bridgehead atoms. The lowest BCUT2D eigenvalue weighted by Gasteiger charge is -2.07. The van der Waals surface area contributed by atoms with Gasteiger partial charge >= 0.3 is 5.97 Å². The third-order valence-corrected chi connectivity index (χ3v) is 3.97. The molecule has 1 aromatic heterocycles. The number of aliphatic carboxylic acids is 1. The molecule has 0 aliphatic carbocycles. The van der Waals surface area contributed by atoms with Crippen molar-refractivity contribution in [1.29, 1.82) is 0 Å². The maximum absolute atomic E-state index is 10.5. The summed E-state index contributed by atoms with van der Waals surface area (Å²) in [4.78, 5) is 15.8. The first-order chi connectivity index (χ1) is 9.65. The molecule has 1 N–H and O–H groups in total. The largest absolute Gasteiger partial charge is 0.493 e. The van der Waals surface area contributed by atoms with Crippen LogP contribution in [-0.4, -0.2) is 22.7 Å². The van der Waals surface area contributed by atoms with Crippen molar-refractivity contribution in [3.8, 4) is 5.75 Å². The zero-order valence-corrected chi connectivity index (χ0v) is 12.2. The third-order valence-electron chi connectivity index (χ3n) is 2.85. The van der Waals surface area contributed by atoms with Crippen molar-refractivity contribution in [3.05, 3.63) is 45.9 Å². The fourth-order valence-electron chi connectivity index (χ4n) is 1.78. The Bertz CT molecular complexity index is 580. The lowest BCUT2D eigenvalue weighted by molar-refractivity contribution is -0.136. The molecule has 1 heterocycles. The Hall–Kier alpha value is -1.88. The third kappa shape index (κ3) is 4.35. The molecule has 106 valence electrons. The number of benzene rings is 1. The molecule has 0 amide bonds. The zero-order valence-electron chi connectivity index (χ0n) is 11.3. The van der Waals surface area contributed by atoms with Gasteiger partial charge in [0.05, 0.1) is 18.0 Å². The summed E-state index contributed by atoms with van der Waals surface area (Å²) in [5.74, 6) is 0.123. The summed E-state index contributed by atoms with van der Waals surface area (Å²) in [7, 11) is 0. The van der Waals surface area contributed by atoms with Crippen LogP contribution in [0.5, 0.6) is 5.75 Å². The van der Waals surface area contributed by atoms with E-state index in [2.05, 4.69) is 4.98 Å². The Morgan fingerprint density at radius 2 is 2.15 bits per heavy atom. The number of rotatable bonds is 7. The van der Waals surface area contributed by atoms with Crippen LogP contribution in [0.15, 0.2) is 30.5 Å². The van der Waals surface area contributed by atoms with E-state index in [1.54, 1.807) is 17.5 Å². The monoisotopic (exact) mass is 291 g/mol. The number of hydrogen-bond donors (Lipinski definition) is 1. The first-order valence-corrected chi connectivity index (χ1v) is 7.30. The van der Waals surface area contributed by atoms with Gasteiger partial charge < -0.3 is 9.84 Å². The van der Waals surface area contributed by atoms with Crippen LogP contribution in [0.1, 0.15) is 21.9 Å². The second-order valence-electron chi connectivity index (χ2n) is 4.48. The van der Waals surface area contributed by atoms with Crippen LogP contribution in [0.3, 0.4) is 0 Å². The molecule has 0 saturated carbocycles. The van der Waals surface area contributed by atoms with E-state index in [-0.39, 0.29) is 6.42 Å². The van der Waals surface area contributed by atoms with Crippen LogP contribution in [0.25, 0.3) is 0 Å². The van der Waals surface area contributed by atoms with Gasteiger partial charge in [-0.1, -0.05) is 18.2 Å². The number of ether oxygens (including phenoxy) is 1. The van der Waals surface area contributed by atoms with Gasteiger partial charge in [0.25, 0.3) is 0 Å². The number of nitrogens with zero attached hydrogens (tertiary/aromatic N) is 1. The number of para-hydroxylation sites is 1. The van der Waals surface area contributed by atoms with E-state index < -0.39 is 5.97 Å². The molecule has 0 unspecified atom stereocenters. The lowest BCUT2D eigenvalue weighted by Crippen LogP contribution is -2.01. The minimum absolute atomic E-state index is 0.154. The summed E-state index contributed by atoms with van der Waals surface area (Å²) >= 11 is 1.56. The van der Waals surface area contributed by atoms with Crippen LogP contribution < -0.4 is 4.74 Å². The Balaban J connectivity index is 1.80. The first kappa shape index (κ1) is 14.5. The van der Waals surface area contributed by atoms with Crippen molar-refractivity contribution in [2.75, 3.05) is 6.61 Å². The van der Waals surface area contributed by atoms with Gasteiger partial charge in [0, 0.05) is 17.5 Å². The molecular weight excluding hydrogens is 274 g/mol. The molecule has 0 radical (unpaired) electrons. The molecule has 20 heavy (non-hydrogen) atoms. The summed E-state index contributed by atoms with van der Waals surface area (Å²) in [5, 5.41) is 9.62. The van der Waals surface area contributed by atoms with Crippen LogP contribution in [0.2, 0.25) is 0 Å². The normalized spacial score (nSPS) is 10.4. The molecule has 2 rings (SSSR count). The zero-order chi connectivity index (χ0) is 14.4. The number of aryl methyl sites for hydroxylation is 2. The van der Waals surface area contributed by atoms with E-state index in [4.69, 9.17) is 9.84 Å². The van der Waals surface area contributed by atoms with Crippen molar-refractivity contribution in [2.45, 2.75) is 26.2 Å². The Morgan fingerprint density at radius 1 is 1.35 bits per heavy atom. The number of carboxylic acids is 1. The van der Waals surface area contributed by atoms with Gasteiger partial charge in [-0.05, 0) is 25.0 Å². The highest BCUT2D eigenvalue weighted by molar-refractivity contribution is 7.11. The predicted octanol–water partition coefficient (Wildman–Crippen LogP) is 3.09. The standard InChI is InChI=1S/C15H17NO3S/c1-11-4-2-3-5-13(11)19-9-8-14-16-10-12(20-14)6-7-15(17)18/h2-5,10H,6-9H2,1H3,(H,17,18). The SMILES string of the molecule is Cc1ccccc1OCCc1ncc(CCC(=O)O)s1. The number of aromatic nitrogens is 1. The summed E-state index contributed by atoms with van der Waals surface area (Å²) in [6, 6.07) is 7.91. The van der Waals surface area contributed by atoms with E-state index in [0.717, 1.165) is 27.6 Å². The Labute approximate surface area is 122 Å². The van der Waals surface area contributed by atoms with E-state index in [1.165, 1.54) is 0 Å². The van der Waals surface area contributed by atoms with Crippen LogP contribution in [0.4, 0.5) is 0 Å². The van der Waals surface area contributed by atoms with Crippen molar-refractivity contribution >= 4 is 17.3 Å². The molecule has 0 saturated heterocycles. The fraction of sp³-hybridized carbons (Fsp3) is 0.333. The molecule has 0 aliphatic rings. The summed E-state index contributed by atoms with van der Waals surface area (Å²) in [6.07, 6.45) is 3.20. The lowest BCUT2D eigenvalue weighted by atomic mass is 10.2. The maximum atomic E-state index is 10.5. The molecule has 5 heteroatoms. The highest BCUT2D eigenvalue weighted by atomic mass is 32.1. The van der Waals surface area contributed by atoms with Gasteiger partial charge in [0.2, 0.25) is 0 Å². The smallest absolute Gasteiger partial charge is 0.303 e. The van der Waals surface area contributed by atoms with E-state index in [9.17, 15) is 4.79 Å². The van der Waals surface area contributed by atoms with Gasteiger partial charge in [0.1, 0.15) is 5.75 Å². The summed E-state index contributed by atoms with van der Waals surface area (Å²) in [6.45, 7) is 2.60. The van der Waals surface area contributed by atoms with Gasteiger partial charge in [-0.15, -0.1) is 11.3 Å². The predicted molar refractivity (Wildman–Crippen MR) is 78.4 cm³/mol. The van der Waals surface area contributed by atoms with Gasteiger partial charge in [-0.2, -0.15) is 0 Å². The molecule has 0 fully saturated rings. The average molecular weight is 291 g/mol. The van der Waals surface area contributed by atoms with Crippen molar-refractivity contribution < 1.29 is 14.6 Å². The number of carboxylic acid groups (broad SMARTS) is 1. The quantitative estimate of drug-likeness (QED) is 0.851. The maximum Gasteiger partial charge on any atom is 0.303 e. The number of hydrogen-bond acceptors (Lipinski definition) is 4. The minimum atomic E-state index is -0.775. The van der Waals surface area contributed by atoms with Gasteiger partial charge in [-0.3, -0.25) is 4.79 Å². The molecule has 1 aromatic carbocycles. The van der Waals surface area contributed by atoms with Crippen molar-refractivity contribution in [3.63, 3.8) is 0 Å². The summed E-state index contributed by atoms with van der Waals surface area (Å²) < 4.78 is 5.72. The second-order valence-corrected chi connectivity index (χ2v) is 5.68. The highest BCUT2D eigenvalue weighted by Gasteiger charge is 2.05. The molecule has 2 aromatic rings. The van der Waals surface area contributed by atoms with Gasteiger partial charge in [-0.25, -0.2) is 4.98 Å². The van der Waals surface area contributed by atoms with E-state index in [0.29, 0.717) is 13.0 Å². The van der Waals surface area contributed by atoms with Crippen LogP contribution in [-0.2, 0) is 17.6 Å². The van der Waals surface area contributed by atoms with Crippen LogP contribution >= 0.6 is 11.3 Å². The molecule has 4 nitrogen and oxygen atoms in total. The highest BCUT2D eigenvalue weighted by Crippen LogP contribution is 2.18. The minimum Gasteiger partial charge on any atom is -0.493 e. The van der Waals surface area contributed by atoms with E-state index in [1.807, 2.05) is 31.2 Å². The van der Waals surface area contributed by atoms with Crippen molar-refractivity contribution in [1.82, 2.24) is 4.98 Å². The first-order valence-electron chi connectivity index (χ1n) is 6.49. The van der Waals surface area contributed by atoms with Crippen LogP contribution in [0, 0.1) is 6.92 Å². The topological polar surface area (TPSA) is 59.4 Å². The number of carbonyl (C=O) groups is 1. The van der Waals surface area contributed by atoms with Crippen molar-refractivity contribution in [2.24, 2.45) is 0 Å². The van der Waals surface area contributed by atoms with Gasteiger partial charge in [0.15, 0.2) is 0 Å². The summed E-state index contributed by atoms with van der Waals surface area (Å²) in [5.41, 5.74) is 1.12. The number of thiazole rings is 1. The average Bonchev–Trinajstić information content (AvgIpc) is 2.87. The molecular formula is C15H17NO3S. The molecule has 0 aliphatic heterocycles. The van der Waals surface area contributed by atoms with E-state index >= 15 is 0 Å². The Kier molecular flexibility index (Phi) is 5.12. The molecule has 0 spiro atoms. The Morgan fingerprint density at radius 3 is 2.90 bits per heavy atom.